The number of benzene rings is 1. The smallest absolute Gasteiger partial charge is 0.229 e. The first-order chi connectivity index (χ1) is 9.79. The number of aliphatic hydroxyl groups is 1. The summed E-state index contributed by atoms with van der Waals surface area (Å²) in [4.78, 5) is 4.30. The summed E-state index contributed by atoms with van der Waals surface area (Å²) in [6.07, 6.45) is 1.72. The number of nitrogens with zero attached hydrogens (tertiary/aromatic N) is 2. The van der Waals surface area contributed by atoms with Crippen molar-refractivity contribution >= 4 is 0 Å². The lowest BCUT2D eigenvalue weighted by Gasteiger charge is -2.05. The van der Waals surface area contributed by atoms with Gasteiger partial charge in [-0.15, -0.1) is 0 Å². The fourth-order valence-electron chi connectivity index (χ4n) is 2.23. The third-order valence-electron chi connectivity index (χ3n) is 3.52. The third-order valence-corrected chi connectivity index (χ3v) is 3.52. The summed E-state index contributed by atoms with van der Waals surface area (Å²) in [5, 5.41) is 13.5. The predicted molar refractivity (Wildman–Crippen MR) is 67.5 cm³/mol. The van der Waals surface area contributed by atoms with Crippen LogP contribution in [-0.2, 0) is 6.61 Å². The maximum absolute atomic E-state index is 9.64. The molecule has 2 heterocycles. The van der Waals surface area contributed by atoms with Crippen molar-refractivity contribution in [2.75, 3.05) is 6.61 Å². The van der Waals surface area contributed by atoms with Crippen LogP contribution in [0.2, 0.25) is 0 Å². The largest absolute Gasteiger partial charge is 0.490 e. The molecule has 0 bridgehead atoms. The van der Waals surface area contributed by atoms with Crippen LogP contribution >= 0.6 is 0 Å². The molecule has 1 aliphatic carbocycles. The van der Waals surface area contributed by atoms with Gasteiger partial charge in [-0.1, -0.05) is 5.16 Å². The zero-order valence-corrected chi connectivity index (χ0v) is 10.8. The van der Waals surface area contributed by atoms with Gasteiger partial charge in [-0.05, 0) is 25.0 Å². The SMILES string of the molecule is OC1COc2cc(OCc3noc(C4CC4)n3)ccc21. The van der Waals surface area contributed by atoms with E-state index in [-0.39, 0.29) is 6.61 Å². The minimum atomic E-state index is -0.544. The van der Waals surface area contributed by atoms with Gasteiger partial charge in [0, 0.05) is 17.5 Å². The van der Waals surface area contributed by atoms with E-state index < -0.39 is 6.10 Å². The van der Waals surface area contributed by atoms with E-state index in [9.17, 15) is 5.11 Å². The minimum Gasteiger partial charge on any atom is -0.490 e. The Morgan fingerprint density at radius 1 is 1.35 bits per heavy atom. The molecule has 1 aromatic carbocycles. The molecule has 2 aliphatic rings. The van der Waals surface area contributed by atoms with Crippen LogP contribution in [-0.4, -0.2) is 21.9 Å². The molecule has 1 aliphatic heterocycles. The van der Waals surface area contributed by atoms with Crippen molar-refractivity contribution in [3.8, 4) is 11.5 Å². The van der Waals surface area contributed by atoms with Crippen LogP contribution in [0.1, 0.15) is 42.1 Å². The van der Waals surface area contributed by atoms with Crippen LogP contribution in [0, 0.1) is 0 Å². The van der Waals surface area contributed by atoms with Gasteiger partial charge >= 0.3 is 0 Å². The van der Waals surface area contributed by atoms with Crippen molar-refractivity contribution in [3.63, 3.8) is 0 Å². The molecule has 1 aromatic heterocycles. The van der Waals surface area contributed by atoms with E-state index in [1.807, 2.05) is 6.07 Å². The summed E-state index contributed by atoms with van der Waals surface area (Å²) in [5.41, 5.74) is 0.799. The van der Waals surface area contributed by atoms with E-state index in [2.05, 4.69) is 10.1 Å². The topological polar surface area (TPSA) is 77.6 Å². The molecule has 1 atom stereocenters. The Morgan fingerprint density at radius 3 is 3.10 bits per heavy atom. The Morgan fingerprint density at radius 2 is 2.25 bits per heavy atom. The quantitative estimate of drug-likeness (QED) is 0.918. The van der Waals surface area contributed by atoms with Crippen molar-refractivity contribution < 1.29 is 19.1 Å². The maximum Gasteiger partial charge on any atom is 0.229 e. The number of hydrogen-bond acceptors (Lipinski definition) is 6. The van der Waals surface area contributed by atoms with Gasteiger partial charge in [0.05, 0.1) is 0 Å². The van der Waals surface area contributed by atoms with Gasteiger partial charge in [0.1, 0.15) is 24.2 Å². The second-order valence-corrected chi connectivity index (χ2v) is 5.14. The van der Waals surface area contributed by atoms with Crippen LogP contribution in [0.25, 0.3) is 0 Å². The first-order valence-electron chi connectivity index (χ1n) is 6.69. The zero-order valence-electron chi connectivity index (χ0n) is 10.8. The molecular formula is C14H14N2O4. The number of fused-ring (bicyclic) bond motifs is 1. The first-order valence-corrected chi connectivity index (χ1v) is 6.69. The lowest BCUT2D eigenvalue weighted by molar-refractivity contribution is 0.140. The molecule has 6 nitrogen and oxygen atoms in total. The number of hydrogen-bond donors (Lipinski definition) is 1. The van der Waals surface area contributed by atoms with E-state index in [0.29, 0.717) is 35.7 Å². The van der Waals surface area contributed by atoms with Gasteiger partial charge in [-0.3, -0.25) is 0 Å². The van der Waals surface area contributed by atoms with Crippen molar-refractivity contribution in [2.45, 2.75) is 31.5 Å². The van der Waals surface area contributed by atoms with Gasteiger partial charge in [0.15, 0.2) is 6.61 Å². The van der Waals surface area contributed by atoms with Crippen molar-refractivity contribution in [3.05, 3.63) is 35.5 Å². The molecule has 6 heteroatoms. The predicted octanol–water partition coefficient (Wildman–Crippen LogP) is 1.95. The Hall–Kier alpha value is -2.08. The molecular weight excluding hydrogens is 260 g/mol. The average molecular weight is 274 g/mol. The molecule has 0 radical (unpaired) electrons. The molecule has 0 amide bonds. The minimum absolute atomic E-state index is 0.261. The molecule has 1 N–H and O–H groups in total. The highest BCUT2D eigenvalue weighted by Gasteiger charge is 2.29. The van der Waals surface area contributed by atoms with E-state index in [4.69, 9.17) is 14.0 Å². The number of rotatable bonds is 4. The molecule has 20 heavy (non-hydrogen) atoms. The number of aliphatic hydroxyl groups excluding tert-OH is 1. The second-order valence-electron chi connectivity index (χ2n) is 5.14. The summed E-state index contributed by atoms with van der Waals surface area (Å²) < 4.78 is 16.2. The fourth-order valence-corrected chi connectivity index (χ4v) is 2.23. The van der Waals surface area contributed by atoms with Crippen molar-refractivity contribution in [2.24, 2.45) is 0 Å². The molecule has 1 fully saturated rings. The Kier molecular flexibility index (Phi) is 2.63. The molecule has 0 saturated heterocycles. The highest BCUT2D eigenvalue weighted by Crippen LogP contribution is 2.39. The summed E-state index contributed by atoms with van der Waals surface area (Å²) >= 11 is 0. The van der Waals surface area contributed by atoms with Crippen molar-refractivity contribution in [1.29, 1.82) is 0 Å². The Labute approximate surface area is 115 Å². The average Bonchev–Trinajstić information content (AvgIpc) is 3.10. The molecule has 2 aromatic rings. The lowest BCUT2D eigenvalue weighted by Crippen LogP contribution is -1.98. The number of aromatic nitrogens is 2. The van der Waals surface area contributed by atoms with Gasteiger partial charge < -0.3 is 19.1 Å². The normalized spacial score (nSPS) is 20.6. The molecule has 1 saturated carbocycles. The summed E-state index contributed by atoms with van der Waals surface area (Å²) in [7, 11) is 0. The Bertz CT molecular complexity index is 636. The molecule has 1 unspecified atom stereocenters. The third kappa shape index (κ3) is 2.12. The fraction of sp³-hybridized carbons (Fsp3) is 0.429. The van der Waals surface area contributed by atoms with Gasteiger partial charge in [-0.2, -0.15) is 4.98 Å². The monoisotopic (exact) mass is 274 g/mol. The van der Waals surface area contributed by atoms with Crippen LogP contribution in [0.5, 0.6) is 11.5 Å². The summed E-state index contributed by atoms with van der Waals surface area (Å²) in [6, 6.07) is 5.39. The summed E-state index contributed by atoms with van der Waals surface area (Å²) in [5.74, 6) is 3.04. The molecule has 0 spiro atoms. The van der Waals surface area contributed by atoms with E-state index >= 15 is 0 Å². The van der Waals surface area contributed by atoms with Crippen LogP contribution in [0.4, 0.5) is 0 Å². The standard InChI is InChI=1S/C14H14N2O4/c17-11-6-19-12-5-9(3-4-10(11)12)18-7-13-15-14(20-16-13)8-1-2-8/h3-5,8,11,17H,1-2,6-7H2. The number of ether oxygens (including phenoxy) is 2. The van der Waals surface area contributed by atoms with Crippen LogP contribution < -0.4 is 9.47 Å². The zero-order chi connectivity index (χ0) is 13.5. The van der Waals surface area contributed by atoms with Crippen LogP contribution in [0.3, 0.4) is 0 Å². The summed E-state index contributed by atoms with van der Waals surface area (Å²) in [6.45, 7) is 0.561. The Balaban J connectivity index is 1.43. The lowest BCUT2D eigenvalue weighted by atomic mass is 10.1. The van der Waals surface area contributed by atoms with E-state index in [1.165, 1.54) is 0 Å². The second kappa shape index (κ2) is 4.49. The van der Waals surface area contributed by atoms with Crippen molar-refractivity contribution in [1.82, 2.24) is 10.1 Å². The molecule has 104 valence electrons. The van der Waals surface area contributed by atoms with Gasteiger partial charge in [0.25, 0.3) is 0 Å². The van der Waals surface area contributed by atoms with E-state index in [1.54, 1.807) is 12.1 Å². The highest BCUT2D eigenvalue weighted by molar-refractivity contribution is 5.44. The maximum atomic E-state index is 9.64. The highest BCUT2D eigenvalue weighted by atomic mass is 16.5. The van der Waals surface area contributed by atoms with Gasteiger partial charge in [-0.25, -0.2) is 0 Å². The first kappa shape index (κ1) is 11.7. The van der Waals surface area contributed by atoms with Crippen LogP contribution in [0.15, 0.2) is 22.7 Å². The van der Waals surface area contributed by atoms with Gasteiger partial charge in [0.2, 0.25) is 11.7 Å². The molecule has 4 rings (SSSR count). The van der Waals surface area contributed by atoms with E-state index in [0.717, 1.165) is 18.4 Å².